The van der Waals surface area contributed by atoms with E-state index in [0.29, 0.717) is 17.2 Å². The zero-order valence-corrected chi connectivity index (χ0v) is 17.1. The number of fused-ring (bicyclic) bond motifs is 3. The molecule has 1 aliphatic rings. The van der Waals surface area contributed by atoms with Gasteiger partial charge in [0.1, 0.15) is 15.5 Å². The molecule has 2 N–H and O–H groups in total. The van der Waals surface area contributed by atoms with Gasteiger partial charge in [0.25, 0.3) is 5.91 Å². The maximum Gasteiger partial charge on any atom is 0.270 e. The van der Waals surface area contributed by atoms with E-state index in [4.69, 9.17) is 15.5 Å². The number of benzene rings is 2. The molecule has 0 aliphatic carbocycles. The number of anilines is 2. The fraction of sp³-hybridized carbons (Fsp3) is 0.217. The zero-order valence-electron chi connectivity index (χ0n) is 16.3. The predicted molar refractivity (Wildman–Crippen MR) is 119 cm³/mol. The van der Waals surface area contributed by atoms with Crippen molar-refractivity contribution in [3.63, 3.8) is 0 Å². The van der Waals surface area contributed by atoms with Crippen LogP contribution < -0.4 is 15.4 Å². The molecular formula is C23H21N3O2S. The molecule has 0 bridgehead atoms. The second kappa shape index (κ2) is 6.74. The standard InChI is InChI=1S/C23H21N3O2S/c1-3-28-16-8-9-18-15(11-16)12-17-20(24)21(29-22(17)25-18)23(27)26-13(2)10-14-6-4-5-7-19(14)26/h4-9,11-13H,3,10,24H2,1-2H3/t13-/m1/s1. The molecule has 0 radical (unpaired) electrons. The molecule has 0 fully saturated rings. The lowest BCUT2D eigenvalue weighted by atomic mass is 10.1. The van der Waals surface area contributed by atoms with Gasteiger partial charge in [-0.2, -0.15) is 0 Å². The van der Waals surface area contributed by atoms with E-state index in [2.05, 4.69) is 13.0 Å². The number of nitrogen functional groups attached to an aromatic ring is 1. The number of nitrogens with zero attached hydrogens (tertiary/aromatic N) is 2. The normalized spacial score (nSPS) is 15.8. The number of carbonyl (C=O) groups is 1. The molecule has 5 rings (SSSR count). The highest BCUT2D eigenvalue weighted by Crippen LogP contribution is 2.39. The van der Waals surface area contributed by atoms with Crippen molar-refractivity contribution >= 4 is 49.7 Å². The minimum absolute atomic E-state index is 0.0537. The molecule has 2 aromatic heterocycles. The van der Waals surface area contributed by atoms with Crippen LogP contribution in [0.5, 0.6) is 5.75 Å². The van der Waals surface area contributed by atoms with Crippen molar-refractivity contribution in [2.45, 2.75) is 26.3 Å². The highest BCUT2D eigenvalue weighted by molar-refractivity contribution is 7.21. The second-order valence-corrected chi connectivity index (χ2v) is 8.33. The summed E-state index contributed by atoms with van der Waals surface area (Å²) in [5.41, 5.74) is 9.99. The number of nitrogens with two attached hydrogens (primary N) is 1. The summed E-state index contributed by atoms with van der Waals surface area (Å²) >= 11 is 1.37. The van der Waals surface area contributed by atoms with Gasteiger partial charge in [-0.05, 0) is 56.2 Å². The van der Waals surface area contributed by atoms with Crippen LogP contribution in [0.15, 0.2) is 48.5 Å². The SMILES string of the molecule is CCOc1ccc2nc3sc(C(=O)N4c5ccccc5C[C@H]4C)c(N)c3cc2c1. The number of thiophene rings is 1. The summed E-state index contributed by atoms with van der Waals surface area (Å²) in [4.78, 5) is 21.4. The molecule has 146 valence electrons. The average molecular weight is 404 g/mol. The van der Waals surface area contributed by atoms with E-state index in [-0.39, 0.29) is 11.9 Å². The molecule has 0 spiro atoms. The molecule has 2 aromatic carbocycles. The summed E-state index contributed by atoms with van der Waals surface area (Å²) in [6.07, 6.45) is 0.856. The quantitative estimate of drug-likeness (QED) is 0.521. The number of ether oxygens (including phenoxy) is 1. The van der Waals surface area contributed by atoms with Crippen molar-refractivity contribution in [2.75, 3.05) is 17.2 Å². The van der Waals surface area contributed by atoms with Crippen LogP contribution in [0.4, 0.5) is 11.4 Å². The molecule has 0 saturated heterocycles. The monoisotopic (exact) mass is 403 g/mol. The Morgan fingerprint density at radius 3 is 2.93 bits per heavy atom. The van der Waals surface area contributed by atoms with Crippen LogP contribution in [0.25, 0.3) is 21.1 Å². The Hall–Kier alpha value is -3.12. The van der Waals surface area contributed by atoms with Crippen LogP contribution in [0.1, 0.15) is 29.1 Å². The van der Waals surface area contributed by atoms with E-state index >= 15 is 0 Å². The van der Waals surface area contributed by atoms with Gasteiger partial charge in [-0.15, -0.1) is 11.3 Å². The van der Waals surface area contributed by atoms with E-state index in [9.17, 15) is 4.79 Å². The van der Waals surface area contributed by atoms with Gasteiger partial charge in [0, 0.05) is 22.5 Å². The molecule has 0 saturated carbocycles. The van der Waals surface area contributed by atoms with Crippen molar-refractivity contribution in [3.8, 4) is 5.75 Å². The van der Waals surface area contributed by atoms with Crippen molar-refractivity contribution in [1.82, 2.24) is 4.98 Å². The minimum atomic E-state index is -0.0537. The largest absolute Gasteiger partial charge is 0.494 e. The number of amides is 1. The van der Waals surface area contributed by atoms with E-state index in [1.54, 1.807) is 0 Å². The maximum atomic E-state index is 13.5. The van der Waals surface area contributed by atoms with Gasteiger partial charge in [-0.1, -0.05) is 18.2 Å². The van der Waals surface area contributed by atoms with Gasteiger partial charge in [-0.3, -0.25) is 4.79 Å². The van der Waals surface area contributed by atoms with Gasteiger partial charge in [0.05, 0.1) is 17.8 Å². The van der Waals surface area contributed by atoms with Crippen molar-refractivity contribution in [1.29, 1.82) is 0 Å². The van der Waals surface area contributed by atoms with Crippen molar-refractivity contribution in [3.05, 3.63) is 59.0 Å². The number of rotatable bonds is 3. The fourth-order valence-corrected chi connectivity index (χ4v) is 5.10. The topological polar surface area (TPSA) is 68.5 Å². The van der Waals surface area contributed by atoms with E-state index in [0.717, 1.165) is 39.0 Å². The lowest BCUT2D eigenvalue weighted by molar-refractivity contribution is 0.0986. The Morgan fingerprint density at radius 1 is 1.28 bits per heavy atom. The molecule has 1 aliphatic heterocycles. The number of para-hydroxylation sites is 1. The average Bonchev–Trinajstić information content (AvgIpc) is 3.22. The third-order valence-corrected chi connectivity index (χ3v) is 6.52. The molecule has 1 amide bonds. The molecule has 6 heteroatoms. The van der Waals surface area contributed by atoms with Crippen LogP contribution in [0.2, 0.25) is 0 Å². The highest BCUT2D eigenvalue weighted by Gasteiger charge is 2.33. The molecule has 5 nitrogen and oxygen atoms in total. The van der Waals surface area contributed by atoms with Crippen molar-refractivity contribution < 1.29 is 9.53 Å². The van der Waals surface area contributed by atoms with E-state index in [1.165, 1.54) is 16.9 Å². The number of hydrogen-bond acceptors (Lipinski definition) is 5. The fourth-order valence-electron chi connectivity index (χ4n) is 4.08. The van der Waals surface area contributed by atoms with Gasteiger partial charge in [-0.25, -0.2) is 4.98 Å². The first kappa shape index (κ1) is 17.9. The third kappa shape index (κ3) is 2.83. The lowest BCUT2D eigenvalue weighted by Crippen LogP contribution is -2.35. The first-order chi connectivity index (χ1) is 14.1. The second-order valence-electron chi connectivity index (χ2n) is 7.33. The Morgan fingerprint density at radius 2 is 2.10 bits per heavy atom. The van der Waals surface area contributed by atoms with Crippen LogP contribution >= 0.6 is 11.3 Å². The molecule has 1 atom stereocenters. The minimum Gasteiger partial charge on any atom is -0.494 e. The molecular weight excluding hydrogens is 382 g/mol. The number of hydrogen-bond donors (Lipinski definition) is 1. The smallest absolute Gasteiger partial charge is 0.270 e. The van der Waals surface area contributed by atoms with Gasteiger partial charge in [0.2, 0.25) is 0 Å². The summed E-state index contributed by atoms with van der Waals surface area (Å²) in [6.45, 7) is 4.64. The number of carbonyl (C=O) groups excluding carboxylic acids is 1. The van der Waals surface area contributed by atoms with E-state index < -0.39 is 0 Å². The molecule has 0 unspecified atom stereocenters. The van der Waals surface area contributed by atoms with Crippen LogP contribution in [-0.4, -0.2) is 23.5 Å². The van der Waals surface area contributed by atoms with Gasteiger partial charge in [0.15, 0.2) is 0 Å². The number of aromatic nitrogens is 1. The molecule has 4 aromatic rings. The highest BCUT2D eigenvalue weighted by atomic mass is 32.1. The lowest BCUT2D eigenvalue weighted by Gasteiger charge is -2.22. The van der Waals surface area contributed by atoms with Gasteiger partial charge >= 0.3 is 0 Å². The Balaban J connectivity index is 1.61. The molecule has 29 heavy (non-hydrogen) atoms. The Kier molecular flexibility index (Phi) is 4.17. The van der Waals surface area contributed by atoms with E-state index in [1.807, 2.05) is 54.3 Å². The number of pyridine rings is 1. The predicted octanol–water partition coefficient (Wildman–Crippen LogP) is 5.02. The summed E-state index contributed by atoms with van der Waals surface area (Å²) in [7, 11) is 0. The van der Waals surface area contributed by atoms with Crippen LogP contribution in [0.3, 0.4) is 0 Å². The zero-order chi connectivity index (χ0) is 20.1. The molecule has 3 heterocycles. The first-order valence-corrected chi connectivity index (χ1v) is 10.6. The Labute approximate surface area is 172 Å². The van der Waals surface area contributed by atoms with Crippen LogP contribution in [0, 0.1) is 0 Å². The summed E-state index contributed by atoms with van der Waals surface area (Å²) in [5, 5.41) is 1.77. The van der Waals surface area contributed by atoms with Gasteiger partial charge < -0.3 is 15.4 Å². The summed E-state index contributed by atoms with van der Waals surface area (Å²) in [5.74, 6) is 0.746. The first-order valence-electron chi connectivity index (χ1n) is 9.74. The van der Waals surface area contributed by atoms with Crippen molar-refractivity contribution in [2.24, 2.45) is 0 Å². The van der Waals surface area contributed by atoms with Crippen LogP contribution in [-0.2, 0) is 6.42 Å². The summed E-state index contributed by atoms with van der Waals surface area (Å²) in [6, 6.07) is 16.0. The maximum absolute atomic E-state index is 13.5. The summed E-state index contributed by atoms with van der Waals surface area (Å²) < 4.78 is 5.60. The Bertz CT molecular complexity index is 1260. The third-order valence-electron chi connectivity index (χ3n) is 5.42.